The summed E-state index contributed by atoms with van der Waals surface area (Å²) in [5, 5.41) is 10.4. The topological polar surface area (TPSA) is 37.3 Å². The Morgan fingerprint density at radius 1 is 1.00 bits per heavy atom. The molecule has 3 heteroatoms. The van der Waals surface area contributed by atoms with Crippen LogP contribution >= 0.6 is 11.8 Å². The number of aliphatic hydroxyl groups excluding tert-OH is 1. The first-order chi connectivity index (χ1) is 14.8. The predicted molar refractivity (Wildman–Crippen MR) is 130 cm³/mol. The number of hydrogen-bond acceptors (Lipinski definition) is 3. The number of hydrogen-bond donors (Lipinski definition) is 1. The number of rotatable bonds is 2. The summed E-state index contributed by atoms with van der Waals surface area (Å²) in [5.41, 5.74) is 0.237. The maximum absolute atomic E-state index is 13.7. The molecule has 0 amide bonds. The van der Waals surface area contributed by atoms with Crippen molar-refractivity contribution in [2.45, 2.75) is 95.8 Å². The summed E-state index contributed by atoms with van der Waals surface area (Å²) in [7, 11) is 0. The normalized spacial score (nSPS) is 46.3. The van der Waals surface area contributed by atoms with Gasteiger partial charge in [0.2, 0.25) is 0 Å². The van der Waals surface area contributed by atoms with Gasteiger partial charge in [-0.2, -0.15) is 0 Å². The summed E-state index contributed by atoms with van der Waals surface area (Å²) in [4.78, 5) is 14.9. The van der Waals surface area contributed by atoms with Gasteiger partial charge in [-0.1, -0.05) is 52.8 Å². The van der Waals surface area contributed by atoms with Crippen molar-refractivity contribution in [1.82, 2.24) is 0 Å². The molecule has 9 unspecified atom stereocenters. The number of thioether (sulfide) groups is 1. The third kappa shape index (κ3) is 3.72. The zero-order chi connectivity index (χ0) is 22.4. The van der Waals surface area contributed by atoms with Crippen molar-refractivity contribution in [3.05, 3.63) is 30.3 Å². The van der Waals surface area contributed by atoms with E-state index in [-0.39, 0.29) is 16.8 Å². The van der Waals surface area contributed by atoms with Gasteiger partial charge in [-0.15, -0.1) is 11.8 Å². The second-order valence-electron chi connectivity index (χ2n) is 11.0. The van der Waals surface area contributed by atoms with Crippen LogP contribution in [-0.2, 0) is 4.79 Å². The molecule has 0 aromatic heterocycles. The van der Waals surface area contributed by atoms with Crippen molar-refractivity contribution in [2.75, 3.05) is 0 Å². The van der Waals surface area contributed by atoms with E-state index in [4.69, 9.17) is 0 Å². The lowest BCUT2D eigenvalue weighted by molar-refractivity contribution is -0.144. The van der Waals surface area contributed by atoms with Crippen molar-refractivity contribution in [2.24, 2.45) is 40.4 Å². The molecule has 31 heavy (non-hydrogen) atoms. The number of Topliss-reactive ketones (excluding diaryl/α,β-unsaturated/α-hetero) is 1. The predicted octanol–water partition coefficient (Wildman–Crippen LogP) is 7.00. The molecule has 1 aromatic carbocycles. The van der Waals surface area contributed by atoms with Crippen LogP contribution in [0.4, 0.5) is 0 Å². The van der Waals surface area contributed by atoms with Crippen molar-refractivity contribution < 1.29 is 9.90 Å². The molecule has 0 heterocycles. The molecule has 0 spiro atoms. The Labute approximate surface area is 194 Å². The van der Waals surface area contributed by atoms with Gasteiger partial charge in [0.05, 0.1) is 11.4 Å². The lowest BCUT2D eigenvalue weighted by Gasteiger charge is -2.60. The third-order valence-electron chi connectivity index (χ3n) is 9.76. The highest BCUT2D eigenvalue weighted by Crippen LogP contribution is 2.67. The SMILES string of the molecule is CC.CC1C(Sc2ccccc2)C(=O)C2(C)CCC3C(CCC4CC(O)CCC43C)C12. The minimum atomic E-state index is -0.135. The van der Waals surface area contributed by atoms with Gasteiger partial charge in [0, 0.05) is 10.3 Å². The van der Waals surface area contributed by atoms with Crippen molar-refractivity contribution in [3.63, 3.8) is 0 Å². The summed E-state index contributed by atoms with van der Waals surface area (Å²) in [6.07, 6.45) is 7.85. The van der Waals surface area contributed by atoms with Crippen LogP contribution in [-0.4, -0.2) is 22.2 Å². The van der Waals surface area contributed by atoms with E-state index in [2.05, 4.69) is 51.1 Å². The molecule has 1 aromatic rings. The summed E-state index contributed by atoms with van der Waals surface area (Å²) in [6, 6.07) is 10.5. The molecule has 4 saturated carbocycles. The number of ketones is 1. The monoisotopic (exact) mass is 442 g/mol. The van der Waals surface area contributed by atoms with Crippen LogP contribution in [0.2, 0.25) is 0 Å². The molecular formula is C28H42O2S. The fourth-order valence-corrected chi connectivity index (χ4v) is 9.67. The maximum Gasteiger partial charge on any atom is 0.152 e. The fourth-order valence-electron chi connectivity index (χ4n) is 8.30. The molecule has 4 aliphatic carbocycles. The lowest BCUT2D eigenvalue weighted by atomic mass is 9.44. The molecule has 9 atom stereocenters. The smallest absolute Gasteiger partial charge is 0.152 e. The van der Waals surface area contributed by atoms with Gasteiger partial charge in [0.15, 0.2) is 5.78 Å². The van der Waals surface area contributed by atoms with Crippen LogP contribution in [0.1, 0.15) is 79.6 Å². The number of carbonyl (C=O) groups excluding carboxylic acids is 1. The van der Waals surface area contributed by atoms with E-state index >= 15 is 0 Å². The largest absolute Gasteiger partial charge is 0.393 e. The Morgan fingerprint density at radius 2 is 1.71 bits per heavy atom. The van der Waals surface area contributed by atoms with E-state index in [1.54, 1.807) is 0 Å². The minimum Gasteiger partial charge on any atom is -0.393 e. The van der Waals surface area contributed by atoms with E-state index in [0.29, 0.717) is 34.9 Å². The van der Waals surface area contributed by atoms with Gasteiger partial charge in [0.1, 0.15) is 0 Å². The van der Waals surface area contributed by atoms with Gasteiger partial charge in [-0.05, 0) is 92.1 Å². The van der Waals surface area contributed by atoms with Gasteiger partial charge in [-0.25, -0.2) is 0 Å². The molecule has 0 aliphatic heterocycles. The number of carbonyl (C=O) groups is 1. The number of aliphatic hydroxyl groups is 1. The van der Waals surface area contributed by atoms with Gasteiger partial charge >= 0.3 is 0 Å². The Kier molecular flexibility index (Phi) is 6.68. The molecule has 172 valence electrons. The summed E-state index contributed by atoms with van der Waals surface area (Å²) < 4.78 is 0. The standard InChI is InChI=1S/C26H36O2S.C2H6/c1-16-22-20-10-9-17-15-18(27)11-13-25(17,2)21(20)12-14-26(22,3)24(28)23(16)29-19-7-5-4-6-8-19;1-2/h4-8,16-18,20-23,27H,9-15H2,1-3H3;1-2H3. The molecule has 0 saturated heterocycles. The van der Waals surface area contributed by atoms with Crippen molar-refractivity contribution in [3.8, 4) is 0 Å². The van der Waals surface area contributed by atoms with Crippen LogP contribution in [0.5, 0.6) is 0 Å². The summed E-state index contributed by atoms with van der Waals surface area (Å²) in [5.74, 6) is 3.60. The second-order valence-corrected chi connectivity index (χ2v) is 12.3. The molecule has 2 nitrogen and oxygen atoms in total. The molecule has 4 fully saturated rings. The van der Waals surface area contributed by atoms with E-state index < -0.39 is 0 Å². The summed E-state index contributed by atoms with van der Waals surface area (Å²) >= 11 is 1.81. The maximum atomic E-state index is 13.7. The van der Waals surface area contributed by atoms with Crippen molar-refractivity contribution in [1.29, 1.82) is 0 Å². The van der Waals surface area contributed by atoms with Crippen LogP contribution in [0, 0.1) is 40.4 Å². The highest BCUT2D eigenvalue weighted by atomic mass is 32.2. The highest BCUT2D eigenvalue weighted by molar-refractivity contribution is 8.00. The minimum absolute atomic E-state index is 0.0860. The van der Waals surface area contributed by atoms with Crippen LogP contribution in [0.3, 0.4) is 0 Å². The third-order valence-corrected chi connectivity index (χ3v) is 11.2. The van der Waals surface area contributed by atoms with Gasteiger partial charge < -0.3 is 5.11 Å². The molecule has 0 radical (unpaired) electrons. The number of fused-ring (bicyclic) bond motifs is 5. The van der Waals surface area contributed by atoms with Crippen LogP contribution in [0.25, 0.3) is 0 Å². The van der Waals surface area contributed by atoms with E-state index in [1.807, 2.05) is 25.6 Å². The summed E-state index contributed by atoms with van der Waals surface area (Å²) in [6.45, 7) is 11.2. The van der Waals surface area contributed by atoms with E-state index in [0.717, 1.165) is 25.2 Å². The Balaban J connectivity index is 0.00000112. The first-order valence-corrected chi connectivity index (χ1v) is 13.7. The van der Waals surface area contributed by atoms with Crippen LogP contribution < -0.4 is 0 Å². The van der Waals surface area contributed by atoms with Gasteiger partial charge in [0.25, 0.3) is 0 Å². The average molecular weight is 443 g/mol. The quantitative estimate of drug-likeness (QED) is 0.535. The average Bonchev–Trinajstić information content (AvgIpc) is 2.97. The Morgan fingerprint density at radius 3 is 2.42 bits per heavy atom. The molecular weight excluding hydrogens is 400 g/mol. The molecule has 1 N–H and O–H groups in total. The van der Waals surface area contributed by atoms with E-state index in [1.165, 1.54) is 30.6 Å². The fraction of sp³-hybridized carbons (Fsp3) is 0.750. The Bertz CT molecular complexity index is 778. The van der Waals surface area contributed by atoms with Gasteiger partial charge in [-0.3, -0.25) is 4.79 Å². The second kappa shape index (κ2) is 8.86. The highest BCUT2D eigenvalue weighted by Gasteiger charge is 2.64. The zero-order valence-corrected chi connectivity index (χ0v) is 21.0. The first-order valence-electron chi connectivity index (χ1n) is 12.8. The molecule has 0 bridgehead atoms. The first kappa shape index (κ1) is 23.4. The number of benzene rings is 1. The van der Waals surface area contributed by atoms with Crippen molar-refractivity contribution >= 4 is 17.5 Å². The van der Waals surface area contributed by atoms with E-state index in [9.17, 15) is 9.90 Å². The zero-order valence-electron chi connectivity index (χ0n) is 20.1. The Hall–Kier alpha value is -0.800. The lowest BCUT2D eigenvalue weighted by Crippen LogP contribution is -2.54. The molecule has 4 aliphatic rings. The van der Waals surface area contributed by atoms with Crippen LogP contribution in [0.15, 0.2) is 35.2 Å². The molecule has 5 rings (SSSR count).